The molecular weight excluding hydrogens is 212 g/mol. The lowest BCUT2D eigenvalue weighted by Crippen LogP contribution is -2.28. The smallest absolute Gasteiger partial charge is 0.128 e. The third kappa shape index (κ3) is 3.17. The van der Waals surface area contributed by atoms with Gasteiger partial charge in [-0.05, 0) is 38.1 Å². The van der Waals surface area contributed by atoms with E-state index in [9.17, 15) is 0 Å². The second-order valence-corrected chi connectivity index (χ2v) is 4.99. The van der Waals surface area contributed by atoms with Gasteiger partial charge in [-0.15, -0.1) is 0 Å². The SMILES string of the molecule is CN1CCC(CN(C)c2cccc(CN)n2)C1. The van der Waals surface area contributed by atoms with Crippen molar-refractivity contribution in [3.63, 3.8) is 0 Å². The zero-order chi connectivity index (χ0) is 12.3. The average molecular weight is 234 g/mol. The molecule has 0 spiro atoms. The van der Waals surface area contributed by atoms with Crippen LogP contribution in [0.2, 0.25) is 0 Å². The maximum atomic E-state index is 5.61. The quantitative estimate of drug-likeness (QED) is 0.842. The molecule has 2 heterocycles. The number of pyridine rings is 1. The summed E-state index contributed by atoms with van der Waals surface area (Å²) in [5.41, 5.74) is 6.57. The highest BCUT2D eigenvalue weighted by Crippen LogP contribution is 2.18. The molecule has 1 unspecified atom stereocenters. The van der Waals surface area contributed by atoms with Gasteiger partial charge in [-0.1, -0.05) is 6.07 Å². The Morgan fingerprint density at radius 2 is 2.35 bits per heavy atom. The molecule has 2 N–H and O–H groups in total. The second kappa shape index (κ2) is 5.47. The van der Waals surface area contributed by atoms with Crippen LogP contribution in [-0.4, -0.2) is 43.6 Å². The summed E-state index contributed by atoms with van der Waals surface area (Å²) < 4.78 is 0. The number of likely N-dealkylation sites (tertiary alicyclic amines) is 1. The minimum atomic E-state index is 0.508. The average Bonchev–Trinajstić information content (AvgIpc) is 2.75. The van der Waals surface area contributed by atoms with Crippen molar-refractivity contribution in [1.29, 1.82) is 0 Å². The van der Waals surface area contributed by atoms with Gasteiger partial charge in [0.2, 0.25) is 0 Å². The predicted octanol–water partition coefficient (Wildman–Crippen LogP) is 0.928. The van der Waals surface area contributed by atoms with Gasteiger partial charge in [0, 0.05) is 26.7 Å². The van der Waals surface area contributed by atoms with E-state index in [-0.39, 0.29) is 0 Å². The predicted molar refractivity (Wildman–Crippen MR) is 71.0 cm³/mol. The van der Waals surface area contributed by atoms with Crippen molar-refractivity contribution in [2.75, 3.05) is 38.6 Å². The fourth-order valence-electron chi connectivity index (χ4n) is 2.45. The molecule has 1 aromatic rings. The summed E-state index contributed by atoms with van der Waals surface area (Å²) in [6, 6.07) is 6.06. The number of hydrogen-bond donors (Lipinski definition) is 1. The molecular formula is C13H22N4. The molecule has 1 atom stereocenters. The largest absolute Gasteiger partial charge is 0.359 e. The maximum Gasteiger partial charge on any atom is 0.128 e. The Balaban J connectivity index is 1.96. The van der Waals surface area contributed by atoms with Crippen LogP contribution >= 0.6 is 0 Å². The first kappa shape index (κ1) is 12.3. The van der Waals surface area contributed by atoms with Gasteiger partial charge in [-0.3, -0.25) is 0 Å². The summed E-state index contributed by atoms with van der Waals surface area (Å²) in [7, 11) is 4.30. The van der Waals surface area contributed by atoms with Crippen LogP contribution in [0.4, 0.5) is 5.82 Å². The van der Waals surface area contributed by atoms with Gasteiger partial charge in [-0.25, -0.2) is 4.98 Å². The minimum absolute atomic E-state index is 0.508. The molecule has 17 heavy (non-hydrogen) atoms. The van der Waals surface area contributed by atoms with Crippen molar-refractivity contribution in [2.24, 2.45) is 11.7 Å². The molecule has 0 bridgehead atoms. The first-order chi connectivity index (χ1) is 8.19. The number of hydrogen-bond acceptors (Lipinski definition) is 4. The van der Waals surface area contributed by atoms with Crippen LogP contribution in [0.1, 0.15) is 12.1 Å². The molecule has 4 heteroatoms. The molecule has 1 fully saturated rings. The van der Waals surface area contributed by atoms with E-state index in [0.29, 0.717) is 6.54 Å². The number of nitrogens with zero attached hydrogens (tertiary/aromatic N) is 3. The number of rotatable bonds is 4. The van der Waals surface area contributed by atoms with Crippen LogP contribution in [0.3, 0.4) is 0 Å². The number of anilines is 1. The molecule has 0 amide bonds. The summed E-state index contributed by atoms with van der Waals surface area (Å²) in [5.74, 6) is 1.79. The zero-order valence-corrected chi connectivity index (χ0v) is 10.8. The fraction of sp³-hybridized carbons (Fsp3) is 0.615. The van der Waals surface area contributed by atoms with Crippen LogP contribution in [0.15, 0.2) is 18.2 Å². The highest BCUT2D eigenvalue weighted by Gasteiger charge is 2.21. The van der Waals surface area contributed by atoms with E-state index >= 15 is 0 Å². The molecule has 0 saturated carbocycles. The molecule has 0 aliphatic carbocycles. The Hall–Kier alpha value is -1.13. The summed E-state index contributed by atoms with van der Waals surface area (Å²) >= 11 is 0. The van der Waals surface area contributed by atoms with Gasteiger partial charge in [0.05, 0.1) is 5.69 Å². The monoisotopic (exact) mass is 234 g/mol. The first-order valence-corrected chi connectivity index (χ1v) is 6.24. The number of aromatic nitrogens is 1. The lowest BCUT2D eigenvalue weighted by molar-refractivity contribution is 0.395. The molecule has 0 radical (unpaired) electrons. The van der Waals surface area contributed by atoms with E-state index in [2.05, 4.69) is 34.9 Å². The molecule has 94 valence electrons. The lowest BCUT2D eigenvalue weighted by Gasteiger charge is -2.22. The molecule has 2 rings (SSSR count). The Bertz CT molecular complexity index is 366. The summed E-state index contributed by atoms with van der Waals surface area (Å²) in [6.45, 7) is 3.99. The highest BCUT2D eigenvalue weighted by atomic mass is 15.2. The number of nitrogens with two attached hydrogens (primary N) is 1. The van der Waals surface area contributed by atoms with E-state index < -0.39 is 0 Å². The Morgan fingerprint density at radius 3 is 3.00 bits per heavy atom. The lowest BCUT2D eigenvalue weighted by atomic mass is 10.1. The Morgan fingerprint density at radius 1 is 1.53 bits per heavy atom. The van der Waals surface area contributed by atoms with Gasteiger partial charge in [0.15, 0.2) is 0 Å². The van der Waals surface area contributed by atoms with Crippen LogP contribution in [0, 0.1) is 5.92 Å². The van der Waals surface area contributed by atoms with E-state index in [0.717, 1.165) is 24.0 Å². The normalized spacial score (nSPS) is 20.8. The summed E-state index contributed by atoms with van der Waals surface area (Å²) in [5, 5.41) is 0. The Kier molecular flexibility index (Phi) is 3.97. The van der Waals surface area contributed by atoms with E-state index in [1.807, 2.05) is 12.1 Å². The third-order valence-electron chi connectivity index (χ3n) is 3.41. The van der Waals surface area contributed by atoms with Crippen LogP contribution in [0.25, 0.3) is 0 Å². The highest BCUT2D eigenvalue weighted by molar-refractivity contribution is 5.38. The van der Waals surface area contributed by atoms with Gasteiger partial charge in [0.1, 0.15) is 5.82 Å². The molecule has 4 nitrogen and oxygen atoms in total. The van der Waals surface area contributed by atoms with Crippen LogP contribution in [-0.2, 0) is 6.54 Å². The Labute approximate surface area is 103 Å². The summed E-state index contributed by atoms with van der Waals surface area (Å²) in [4.78, 5) is 9.17. The topological polar surface area (TPSA) is 45.4 Å². The third-order valence-corrected chi connectivity index (χ3v) is 3.41. The van der Waals surface area contributed by atoms with Crippen molar-refractivity contribution in [3.05, 3.63) is 23.9 Å². The van der Waals surface area contributed by atoms with E-state index in [4.69, 9.17) is 5.73 Å². The van der Waals surface area contributed by atoms with Crippen LogP contribution in [0.5, 0.6) is 0 Å². The van der Waals surface area contributed by atoms with Crippen molar-refractivity contribution < 1.29 is 0 Å². The van der Waals surface area contributed by atoms with Gasteiger partial charge in [-0.2, -0.15) is 0 Å². The van der Waals surface area contributed by atoms with Crippen molar-refractivity contribution >= 4 is 5.82 Å². The summed E-state index contributed by atoms with van der Waals surface area (Å²) in [6.07, 6.45) is 1.29. The maximum absolute atomic E-state index is 5.61. The van der Waals surface area contributed by atoms with Crippen molar-refractivity contribution in [2.45, 2.75) is 13.0 Å². The zero-order valence-electron chi connectivity index (χ0n) is 10.8. The second-order valence-electron chi connectivity index (χ2n) is 4.99. The molecule has 1 saturated heterocycles. The van der Waals surface area contributed by atoms with E-state index in [1.165, 1.54) is 19.5 Å². The van der Waals surface area contributed by atoms with Crippen molar-refractivity contribution in [1.82, 2.24) is 9.88 Å². The fourth-order valence-corrected chi connectivity index (χ4v) is 2.45. The minimum Gasteiger partial charge on any atom is -0.359 e. The standard InChI is InChI=1S/C13H22N4/c1-16-7-6-11(9-16)10-17(2)13-5-3-4-12(8-14)15-13/h3-5,11H,6-10,14H2,1-2H3. The van der Waals surface area contributed by atoms with Crippen molar-refractivity contribution in [3.8, 4) is 0 Å². The van der Waals surface area contributed by atoms with Gasteiger partial charge in [0.25, 0.3) is 0 Å². The molecule has 1 aromatic heterocycles. The molecule has 1 aliphatic rings. The van der Waals surface area contributed by atoms with Crippen LogP contribution < -0.4 is 10.6 Å². The van der Waals surface area contributed by atoms with Gasteiger partial charge < -0.3 is 15.5 Å². The molecule has 0 aromatic carbocycles. The molecule has 1 aliphatic heterocycles. The van der Waals surface area contributed by atoms with Gasteiger partial charge >= 0.3 is 0 Å². The van der Waals surface area contributed by atoms with E-state index in [1.54, 1.807) is 0 Å². The first-order valence-electron chi connectivity index (χ1n) is 6.24.